The van der Waals surface area contributed by atoms with E-state index in [2.05, 4.69) is 193 Å². The second kappa shape index (κ2) is 13.3. The minimum absolute atomic E-state index is 0.630. The molecule has 0 aliphatic rings. The fraction of sp³-hybridized carbons (Fsp3) is 0. The van der Waals surface area contributed by atoms with Gasteiger partial charge in [0, 0.05) is 32.8 Å². The van der Waals surface area contributed by atoms with Crippen LogP contribution in [-0.4, -0.2) is 19.5 Å². The fourth-order valence-corrected chi connectivity index (χ4v) is 8.85. The van der Waals surface area contributed by atoms with E-state index < -0.39 is 0 Å². The molecule has 0 unspecified atom stereocenters. The number of aromatic nitrogens is 4. The summed E-state index contributed by atoms with van der Waals surface area (Å²) in [6.07, 6.45) is 0. The Balaban J connectivity index is 1.16. The highest BCUT2D eigenvalue weighted by Crippen LogP contribution is 2.42. The van der Waals surface area contributed by atoms with Gasteiger partial charge in [0.25, 0.3) is 0 Å². The van der Waals surface area contributed by atoms with E-state index >= 15 is 0 Å². The summed E-state index contributed by atoms with van der Waals surface area (Å²) < 4.78 is 2.47. The quantitative estimate of drug-likeness (QED) is 0.176. The van der Waals surface area contributed by atoms with Crippen LogP contribution in [0.4, 0.5) is 0 Å². The highest BCUT2D eigenvalue weighted by molar-refractivity contribution is 6.18. The van der Waals surface area contributed by atoms with Gasteiger partial charge < -0.3 is 4.57 Å². The second-order valence-corrected chi connectivity index (χ2v) is 15.3. The average molecular weight is 751 g/mol. The molecule has 4 nitrogen and oxygen atoms in total. The maximum absolute atomic E-state index is 5.27. The van der Waals surface area contributed by atoms with Crippen LogP contribution in [0.5, 0.6) is 0 Å². The summed E-state index contributed by atoms with van der Waals surface area (Å²) in [5, 5.41) is 11.8. The summed E-state index contributed by atoms with van der Waals surface area (Å²) in [6.45, 7) is 0. The lowest BCUT2D eigenvalue weighted by Gasteiger charge is -2.17. The minimum Gasteiger partial charge on any atom is -0.309 e. The molecule has 0 atom stereocenters. The molecule has 0 fully saturated rings. The zero-order chi connectivity index (χ0) is 38.9. The molecule has 0 radical (unpaired) electrons. The second-order valence-electron chi connectivity index (χ2n) is 15.3. The predicted octanol–water partition coefficient (Wildman–Crippen LogP) is 14.2. The van der Waals surface area contributed by atoms with Crippen LogP contribution in [-0.2, 0) is 0 Å². The van der Waals surface area contributed by atoms with Crippen LogP contribution in [0.2, 0.25) is 0 Å². The summed E-state index contributed by atoms with van der Waals surface area (Å²) in [5.41, 5.74) is 8.56. The first kappa shape index (κ1) is 33.2. The van der Waals surface area contributed by atoms with E-state index in [0.717, 1.165) is 49.7 Å². The standard InChI is InChI=1S/C55H34N4/c1-3-13-35(14-4-1)43-25-26-45-46(55-57-53(37-16-5-2-6-17-37)56-54(58-55)44-24-23-36-15-7-8-18-38(36)29-44)27-28-50(47(45)32-43)59-51-33-41-21-11-9-19-39(41)30-48(51)49-31-40-20-10-12-22-42(40)34-52(49)59/h1-34H. The maximum Gasteiger partial charge on any atom is 0.164 e. The van der Waals surface area contributed by atoms with Crippen molar-refractivity contribution in [1.29, 1.82) is 0 Å². The molecule has 12 aromatic rings. The summed E-state index contributed by atoms with van der Waals surface area (Å²) in [4.78, 5) is 15.6. The van der Waals surface area contributed by atoms with Crippen LogP contribution < -0.4 is 0 Å². The van der Waals surface area contributed by atoms with Crippen LogP contribution in [0.3, 0.4) is 0 Å². The number of nitrogens with zero attached hydrogens (tertiary/aromatic N) is 4. The molecule has 0 N–H and O–H groups in total. The highest BCUT2D eigenvalue weighted by atomic mass is 15.0. The molecule has 4 heteroatoms. The molecule has 2 heterocycles. The normalized spacial score (nSPS) is 11.7. The van der Waals surface area contributed by atoms with E-state index in [0.29, 0.717) is 17.5 Å². The van der Waals surface area contributed by atoms with E-state index in [9.17, 15) is 0 Å². The van der Waals surface area contributed by atoms with Gasteiger partial charge in [-0.2, -0.15) is 0 Å². The van der Waals surface area contributed by atoms with Gasteiger partial charge in [-0.1, -0.05) is 158 Å². The van der Waals surface area contributed by atoms with Crippen LogP contribution in [0.15, 0.2) is 206 Å². The Labute approximate surface area is 340 Å². The summed E-state index contributed by atoms with van der Waals surface area (Å²) in [5.74, 6) is 1.90. The number of hydrogen-bond acceptors (Lipinski definition) is 3. The molecule has 274 valence electrons. The largest absolute Gasteiger partial charge is 0.309 e. The Morgan fingerprint density at radius 2 is 0.763 bits per heavy atom. The van der Waals surface area contributed by atoms with Crippen molar-refractivity contribution in [3.8, 4) is 51.0 Å². The van der Waals surface area contributed by atoms with Crippen LogP contribution in [0.25, 0.3) is 116 Å². The van der Waals surface area contributed by atoms with E-state index in [4.69, 9.17) is 15.0 Å². The third kappa shape index (κ3) is 5.57. The molecule has 0 saturated heterocycles. The number of benzene rings is 10. The average Bonchev–Trinajstić information content (AvgIpc) is 3.61. The van der Waals surface area contributed by atoms with E-state index in [-0.39, 0.29) is 0 Å². The Morgan fingerprint density at radius 1 is 0.271 bits per heavy atom. The van der Waals surface area contributed by atoms with Gasteiger partial charge in [-0.3, -0.25) is 0 Å². The smallest absolute Gasteiger partial charge is 0.164 e. The van der Waals surface area contributed by atoms with Crippen molar-refractivity contribution in [2.45, 2.75) is 0 Å². The van der Waals surface area contributed by atoms with Gasteiger partial charge >= 0.3 is 0 Å². The molecular weight excluding hydrogens is 717 g/mol. The first-order valence-electron chi connectivity index (χ1n) is 20.0. The van der Waals surface area contributed by atoms with Gasteiger partial charge in [0.1, 0.15) is 0 Å². The van der Waals surface area contributed by atoms with Crippen molar-refractivity contribution in [3.05, 3.63) is 206 Å². The monoisotopic (exact) mass is 750 g/mol. The molecule has 10 aromatic carbocycles. The SMILES string of the molecule is c1ccc(-c2ccc3c(-c4nc(-c5ccccc5)nc(-c5ccc6ccccc6c5)n4)ccc(-n4c5cc6ccccc6cc5c5cc6ccccc6cc54)c3c2)cc1. The zero-order valence-electron chi connectivity index (χ0n) is 31.9. The Hall–Kier alpha value is -7.95. The van der Waals surface area contributed by atoms with Gasteiger partial charge in [-0.05, 0) is 97.4 Å². The molecule has 0 amide bonds. The zero-order valence-corrected chi connectivity index (χ0v) is 31.9. The van der Waals surface area contributed by atoms with Crippen molar-refractivity contribution in [1.82, 2.24) is 19.5 Å². The topological polar surface area (TPSA) is 43.6 Å². The van der Waals surface area contributed by atoms with Gasteiger partial charge in [0.05, 0.1) is 16.7 Å². The first-order valence-corrected chi connectivity index (χ1v) is 20.0. The predicted molar refractivity (Wildman–Crippen MR) is 246 cm³/mol. The number of fused-ring (bicyclic) bond motifs is 7. The van der Waals surface area contributed by atoms with Crippen LogP contribution in [0, 0.1) is 0 Å². The molecular formula is C55H34N4. The van der Waals surface area contributed by atoms with E-state index in [1.165, 1.54) is 48.7 Å². The summed E-state index contributed by atoms with van der Waals surface area (Å²) in [6, 6.07) is 73.7. The molecule has 2 aromatic heterocycles. The minimum atomic E-state index is 0.630. The lowest BCUT2D eigenvalue weighted by atomic mass is 9.96. The molecule has 0 aliphatic heterocycles. The summed E-state index contributed by atoms with van der Waals surface area (Å²) >= 11 is 0. The number of rotatable bonds is 5. The van der Waals surface area contributed by atoms with Crippen molar-refractivity contribution in [2.75, 3.05) is 0 Å². The van der Waals surface area contributed by atoms with Crippen molar-refractivity contribution >= 4 is 64.9 Å². The molecule has 0 saturated carbocycles. The highest BCUT2D eigenvalue weighted by Gasteiger charge is 2.20. The Bertz CT molecular complexity index is 3510. The van der Waals surface area contributed by atoms with Crippen LogP contribution >= 0.6 is 0 Å². The van der Waals surface area contributed by atoms with E-state index in [1.54, 1.807) is 0 Å². The van der Waals surface area contributed by atoms with Crippen molar-refractivity contribution in [3.63, 3.8) is 0 Å². The van der Waals surface area contributed by atoms with Crippen molar-refractivity contribution in [2.24, 2.45) is 0 Å². The molecule has 0 bridgehead atoms. The molecule has 59 heavy (non-hydrogen) atoms. The third-order valence-electron chi connectivity index (χ3n) is 11.8. The Morgan fingerprint density at radius 3 is 1.39 bits per heavy atom. The number of hydrogen-bond donors (Lipinski definition) is 0. The van der Waals surface area contributed by atoms with Gasteiger partial charge in [-0.25, -0.2) is 15.0 Å². The third-order valence-corrected chi connectivity index (χ3v) is 11.8. The van der Waals surface area contributed by atoms with Crippen molar-refractivity contribution < 1.29 is 0 Å². The van der Waals surface area contributed by atoms with Gasteiger partial charge in [-0.15, -0.1) is 0 Å². The molecule has 0 spiro atoms. The Kier molecular flexibility index (Phi) is 7.50. The molecule has 12 rings (SSSR count). The fourth-order valence-electron chi connectivity index (χ4n) is 8.85. The maximum atomic E-state index is 5.27. The van der Waals surface area contributed by atoms with E-state index in [1.807, 2.05) is 18.2 Å². The lowest BCUT2D eigenvalue weighted by molar-refractivity contribution is 1.08. The first-order chi connectivity index (χ1) is 29.2. The van der Waals surface area contributed by atoms with Gasteiger partial charge in [0.15, 0.2) is 17.5 Å². The van der Waals surface area contributed by atoms with Gasteiger partial charge in [0.2, 0.25) is 0 Å². The lowest BCUT2D eigenvalue weighted by Crippen LogP contribution is -2.02. The van der Waals surface area contributed by atoms with Crippen LogP contribution in [0.1, 0.15) is 0 Å². The molecule has 0 aliphatic carbocycles. The summed E-state index contributed by atoms with van der Waals surface area (Å²) in [7, 11) is 0.